The van der Waals surface area contributed by atoms with Crippen molar-refractivity contribution in [3.05, 3.63) is 20.7 Å². The van der Waals surface area contributed by atoms with Crippen molar-refractivity contribution in [2.45, 2.75) is 27.2 Å². The first-order chi connectivity index (χ1) is 6.34. The van der Waals surface area contributed by atoms with Crippen molar-refractivity contribution in [1.29, 1.82) is 0 Å². The van der Waals surface area contributed by atoms with Crippen LogP contribution in [0.2, 0.25) is 0 Å². The second kappa shape index (κ2) is 3.30. The van der Waals surface area contributed by atoms with Crippen molar-refractivity contribution in [3.63, 3.8) is 0 Å². The maximum Gasteiger partial charge on any atom is 0.0305 e. The van der Waals surface area contributed by atoms with Gasteiger partial charge in [-0.1, -0.05) is 26.0 Å². The molecule has 0 aromatic carbocycles. The minimum absolute atomic E-state index is 0.899. The third kappa shape index (κ3) is 1.46. The monoisotopic (exact) mass is 192 g/mol. The molecule has 2 unspecified atom stereocenters. The summed E-state index contributed by atoms with van der Waals surface area (Å²) in [4.78, 5) is 0. The molecule has 2 aliphatic rings. The first-order valence-electron chi connectivity index (χ1n) is 5.12. The van der Waals surface area contributed by atoms with Crippen molar-refractivity contribution < 1.29 is 0 Å². The zero-order valence-corrected chi connectivity index (χ0v) is 9.32. The summed E-state index contributed by atoms with van der Waals surface area (Å²) in [5.74, 6) is 1.80. The van der Waals surface area contributed by atoms with Gasteiger partial charge >= 0.3 is 0 Å². The van der Waals surface area contributed by atoms with E-state index in [0.717, 1.165) is 11.8 Å². The Bertz CT molecular complexity index is 411. The highest BCUT2D eigenvalue weighted by atomic mass is 32.1. The fraction of sp³-hybridized carbons (Fsp3) is 0.500. The maximum absolute atomic E-state index is 2.46. The predicted molar refractivity (Wildman–Crippen MR) is 60.2 cm³/mol. The van der Waals surface area contributed by atoms with Gasteiger partial charge in [0.15, 0.2) is 0 Å². The first-order valence-corrected chi connectivity index (χ1v) is 6.00. The smallest absolute Gasteiger partial charge is 0.0305 e. The van der Waals surface area contributed by atoms with Gasteiger partial charge in [-0.05, 0) is 41.3 Å². The van der Waals surface area contributed by atoms with Gasteiger partial charge in [0.05, 0.1) is 0 Å². The van der Waals surface area contributed by atoms with E-state index < -0.39 is 0 Å². The molecular weight excluding hydrogens is 176 g/mol. The standard InChI is InChI=1S/C10H10S.C2H6/c1-6-5-11-10-4-8-2-7(8)3-9(6)10;1-2/h3-5,7-8H,2H2,1H3;1-2H3. The molecule has 0 aliphatic heterocycles. The summed E-state index contributed by atoms with van der Waals surface area (Å²) >= 11 is 1.90. The molecule has 0 radical (unpaired) electrons. The summed E-state index contributed by atoms with van der Waals surface area (Å²) in [6.07, 6.45) is 6.32. The molecule has 1 heteroatoms. The van der Waals surface area contributed by atoms with Gasteiger partial charge in [-0.25, -0.2) is 0 Å². The average molecular weight is 192 g/mol. The number of rotatable bonds is 0. The van der Waals surface area contributed by atoms with Gasteiger partial charge in [0.25, 0.3) is 0 Å². The molecule has 0 bridgehead atoms. The van der Waals surface area contributed by atoms with Gasteiger partial charge in [-0.3, -0.25) is 0 Å². The molecule has 13 heavy (non-hydrogen) atoms. The van der Waals surface area contributed by atoms with Crippen molar-refractivity contribution >= 4 is 23.5 Å². The van der Waals surface area contributed by atoms with Crippen molar-refractivity contribution in [1.82, 2.24) is 0 Å². The molecule has 1 saturated carbocycles. The Kier molecular flexibility index (Phi) is 2.29. The SMILES string of the molecule is CC.Cc1csc2c1=CC1CC1C=2. The van der Waals surface area contributed by atoms with Gasteiger partial charge in [0.2, 0.25) is 0 Å². The zero-order chi connectivity index (χ0) is 9.42. The summed E-state index contributed by atoms with van der Waals surface area (Å²) in [5.41, 5.74) is 1.46. The predicted octanol–water partition coefficient (Wildman–Crippen LogP) is 2.29. The van der Waals surface area contributed by atoms with E-state index in [2.05, 4.69) is 24.5 Å². The van der Waals surface area contributed by atoms with Gasteiger partial charge in [-0.2, -0.15) is 0 Å². The van der Waals surface area contributed by atoms with Crippen LogP contribution in [-0.4, -0.2) is 0 Å². The van der Waals surface area contributed by atoms with Gasteiger partial charge in [0.1, 0.15) is 0 Å². The average Bonchev–Trinajstić information content (AvgIpc) is 2.85. The molecule has 1 fully saturated rings. The van der Waals surface area contributed by atoms with Gasteiger partial charge in [-0.15, -0.1) is 11.3 Å². The minimum Gasteiger partial charge on any atom is -0.144 e. The van der Waals surface area contributed by atoms with E-state index in [9.17, 15) is 0 Å². The highest BCUT2D eigenvalue weighted by Gasteiger charge is 2.34. The number of hydrogen-bond donors (Lipinski definition) is 0. The van der Waals surface area contributed by atoms with E-state index in [-0.39, 0.29) is 0 Å². The Morgan fingerprint density at radius 2 is 1.92 bits per heavy atom. The Balaban J connectivity index is 0.000000308. The molecule has 2 aliphatic carbocycles. The summed E-state index contributed by atoms with van der Waals surface area (Å²) < 4.78 is 1.52. The molecule has 1 aromatic heterocycles. The summed E-state index contributed by atoms with van der Waals surface area (Å²) in [7, 11) is 0. The largest absolute Gasteiger partial charge is 0.144 e. The Labute approximate surface area is 83.6 Å². The molecule has 2 atom stereocenters. The van der Waals surface area contributed by atoms with E-state index in [0.29, 0.717) is 0 Å². The Hall–Kier alpha value is -0.560. The van der Waals surface area contributed by atoms with Crippen LogP contribution in [0.3, 0.4) is 0 Å². The van der Waals surface area contributed by atoms with Gasteiger partial charge < -0.3 is 0 Å². The Morgan fingerprint density at radius 1 is 1.23 bits per heavy atom. The molecule has 0 N–H and O–H groups in total. The summed E-state index contributed by atoms with van der Waals surface area (Å²) in [6, 6.07) is 0. The van der Waals surface area contributed by atoms with Crippen molar-refractivity contribution in [3.8, 4) is 0 Å². The number of fused-ring (bicyclic) bond motifs is 2. The fourth-order valence-corrected chi connectivity index (χ4v) is 2.88. The molecule has 70 valence electrons. The minimum atomic E-state index is 0.899. The maximum atomic E-state index is 2.46. The van der Waals surface area contributed by atoms with Crippen LogP contribution in [0, 0.1) is 18.8 Å². The zero-order valence-electron chi connectivity index (χ0n) is 8.50. The van der Waals surface area contributed by atoms with Crippen LogP contribution in [0.5, 0.6) is 0 Å². The lowest BCUT2D eigenvalue weighted by molar-refractivity contribution is 1.07. The van der Waals surface area contributed by atoms with E-state index in [4.69, 9.17) is 0 Å². The topological polar surface area (TPSA) is 0 Å². The van der Waals surface area contributed by atoms with Crippen LogP contribution in [0.4, 0.5) is 0 Å². The number of hydrogen-bond acceptors (Lipinski definition) is 1. The summed E-state index contributed by atoms with van der Waals surface area (Å²) in [5, 5.41) is 3.79. The quantitative estimate of drug-likeness (QED) is 0.591. The Morgan fingerprint density at radius 3 is 2.69 bits per heavy atom. The van der Waals surface area contributed by atoms with Crippen LogP contribution < -0.4 is 9.75 Å². The van der Waals surface area contributed by atoms with Crippen LogP contribution in [0.25, 0.3) is 12.2 Å². The summed E-state index contributed by atoms with van der Waals surface area (Å²) in [6.45, 7) is 6.21. The van der Waals surface area contributed by atoms with Gasteiger partial charge in [0, 0.05) is 4.53 Å². The van der Waals surface area contributed by atoms with E-state index >= 15 is 0 Å². The first kappa shape index (κ1) is 9.01. The highest BCUT2D eigenvalue weighted by molar-refractivity contribution is 7.07. The molecule has 0 spiro atoms. The fourth-order valence-electron chi connectivity index (χ4n) is 1.84. The lowest BCUT2D eigenvalue weighted by Crippen LogP contribution is -2.23. The number of aryl methyl sites for hydroxylation is 1. The molecule has 0 saturated heterocycles. The second-order valence-electron chi connectivity index (χ2n) is 3.59. The van der Waals surface area contributed by atoms with Crippen molar-refractivity contribution in [2.75, 3.05) is 0 Å². The molecule has 1 aromatic rings. The lowest BCUT2D eigenvalue weighted by atomic mass is 10.1. The normalized spacial score (nSPS) is 27.0. The lowest BCUT2D eigenvalue weighted by Gasteiger charge is -1.92. The molecule has 1 heterocycles. The molecule has 0 amide bonds. The third-order valence-corrected chi connectivity index (χ3v) is 3.77. The van der Waals surface area contributed by atoms with Crippen LogP contribution >= 0.6 is 11.3 Å². The van der Waals surface area contributed by atoms with E-state index in [1.165, 1.54) is 21.7 Å². The molecule has 3 rings (SSSR count). The number of thiophene rings is 1. The molecule has 0 nitrogen and oxygen atoms in total. The van der Waals surface area contributed by atoms with Crippen LogP contribution in [0.1, 0.15) is 25.8 Å². The molecular formula is C12H16S. The van der Waals surface area contributed by atoms with Crippen LogP contribution in [-0.2, 0) is 0 Å². The van der Waals surface area contributed by atoms with Crippen molar-refractivity contribution in [2.24, 2.45) is 11.8 Å². The highest BCUT2D eigenvalue weighted by Crippen LogP contribution is 2.42. The third-order valence-electron chi connectivity index (χ3n) is 2.69. The van der Waals surface area contributed by atoms with Crippen LogP contribution in [0.15, 0.2) is 5.38 Å². The second-order valence-corrected chi connectivity index (χ2v) is 4.50. The van der Waals surface area contributed by atoms with E-state index in [1.54, 1.807) is 0 Å². The van der Waals surface area contributed by atoms with E-state index in [1.807, 2.05) is 25.2 Å².